The van der Waals surface area contributed by atoms with Crippen molar-refractivity contribution in [3.8, 4) is 12.3 Å². The molecule has 0 radical (unpaired) electrons. The third kappa shape index (κ3) is 6.77. The van der Waals surface area contributed by atoms with Crippen molar-refractivity contribution in [3.05, 3.63) is 11.6 Å². The summed E-state index contributed by atoms with van der Waals surface area (Å²) < 4.78 is 4.99. The quantitative estimate of drug-likeness (QED) is 0.288. The highest BCUT2D eigenvalue weighted by atomic mass is 16.6. The minimum atomic E-state index is -0.322. The van der Waals surface area contributed by atoms with E-state index in [-0.39, 0.29) is 18.7 Å². The van der Waals surface area contributed by atoms with E-state index in [9.17, 15) is 4.79 Å². The molecule has 1 atom stereocenters. The summed E-state index contributed by atoms with van der Waals surface area (Å²) in [5, 5.41) is 8.93. The van der Waals surface area contributed by atoms with Crippen molar-refractivity contribution in [3.63, 3.8) is 0 Å². The van der Waals surface area contributed by atoms with Crippen LogP contribution in [-0.4, -0.2) is 23.8 Å². The van der Waals surface area contributed by atoms with Crippen LogP contribution < -0.4 is 0 Å². The molecular weight excluding hydrogens is 252 g/mol. The molecule has 112 valence electrons. The summed E-state index contributed by atoms with van der Waals surface area (Å²) in [6, 6.07) is 0. The van der Waals surface area contributed by atoms with Gasteiger partial charge in [-0.2, -0.15) is 0 Å². The number of carbonyl (C=O) groups is 1. The molecule has 0 amide bonds. The molecule has 1 rings (SSSR count). The number of cyclic esters (lactones) is 1. The number of ether oxygens (including phenoxy) is 1. The van der Waals surface area contributed by atoms with Crippen LogP contribution in [0, 0.1) is 12.3 Å². The zero-order valence-corrected chi connectivity index (χ0v) is 12.3. The van der Waals surface area contributed by atoms with Crippen LogP contribution in [0.2, 0.25) is 0 Å². The Kier molecular flexibility index (Phi) is 8.82. The number of unbranched alkanes of at least 4 members (excludes halogenated alkanes) is 8. The summed E-state index contributed by atoms with van der Waals surface area (Å²) in [6.45, 7) is -0.0806. The number of terminal acetylenes is 1. The first kappa shape index (κ1) is 16.8. The monoisotopic (exact) mass is 278 g/mol. The highest BCUT2D eigenvalue weighted by molar-refractivity contribution is 5.90. The summed E-state index contributed by atoms with van der Waals surface area (Å²) in [5.41, 5.74) is 0.735. The van der Waals surface area contributed by atoms with Gasteiger partial charge in [0.05, 0.1) is 6.61 Å². The second-order valence-electron chi connectivity index (χ2n) is 5.36. The zero-order chi connectivity index (χ0) is 14.6. The van der Waals surface area contributed by atoms with E-state index in [0.29, 0.717) is 6.42 Å². The SMILES string of the molecule is C#CCCCCCCCCC/C=C1\CC(CO)OC1=O. The minimum absolute atomic E-state index is 0.0806. The molecule has 1 fully saturated rings. The number of aliphatic hydroxyl groups is 1. The van der Waals surface area contributed by atoms with E-state index in [1.54, 1.807) is 0 Å². The van der Waals surface area contributed by atoms with Gasteiger partial charge in [0.15, 0.2) is 0 Å². The topological polar surface area (TPSA) is 46.5 Å². The molecule has 0 aromatic rings. The van der Waals surface area contributed by atoms with Crippen molar-refractivity contribution in [1.29, 1.82) is 0 Å². The Morgan fingerprint density at radius 2 is 1.85 bits per heavy atom. The van der Waals surface area contributed by atoms with Gasteiger partial charge >= 0.3 is 5.97 Å². The number of carbonyl (C=O) groups excluding carboxylic acids is 1. The molecule has 3 heteroatoms. The average molecular weight is 278 g/mol. The Hall–Kier alpha value is -1.27. The molecule has 0 aromatic carbocycles. The number of allylic oxidation sites excluding steroid dienone is 1. The van der Waals surface area contributed by atoms with Gasteiger partial charge in [-0.1, -0.05) is 38.2 Å². The van der Waals surface area contributed by atoms with Crippen LogP contribution in [0.4, 0.5) is 0 Å². The van der Waals surface area contributed by atoms with Gasteiger partial charge in [-0.3, -0.25) is 0 Å². The van der Waals surface area contributed by atoms with E-state index >= 15 is 0 Å². The third-order valence-electron chi connectivity index (χ3n) is 3.60. The molecule has 1 unspecified atom stereocenters. The van der Waals surface area contributed by atoms with Gasteiger partial charge in [0.2, 0.25) is 0 Å². The normalized spacial score (nSPS) is 20.1. The van der Waals surface area contributed by atoms with Gasteiger partial charge < -0.3 is 9.84 Å². The lowest BCUT2D eigenvalue weighted by molar-refractivity contribution is -0.140. The molecule has 1 heterocycles. The van der Waals surface area contributed by atoms with Crippen LogP contribution in [0.5, 0.6) is 0 Å². The predicted octanol–water partition coefficient (Wildman–Crippen LogP) is 3.36. The lowest BCUT2D eigenvalue weighted by atomic mass is 10.1. The Morgan fingerprint density at radius 3 is 2.45 bits per heavy atom. The first-order chi connectivity index (χ1) is 9.77. The van der Waals surface area contributed by atoms with Crippen LogP contribution in [0.25, 0.3) is 0 Å². The average Bonchev–Trinajstić information content (AvgIpc) is 2.81. The molecular formula is C17H26O3. The number of hydrogen-bond donors (Lipinski definition) is 1. The highest BCUT2D eigenvalue weighted by Gasteiger charge is 2.27. The Balaban J connectivity index is 1.97. The maximum Gasteiger partial charge on any atom is 0.334 e. The molecule has 0 aromatic heterocycles. The number of esters is 1. The van der Waals surface area contributed by atoms with Crippen LogP contribution >= 0.6 is 0 Å². The summed E-state index contributed by atoms with van der Waals surface area (Å²) in [7, 11) is 0. The molecule has 1 aliphatic heterocycles. The summed E-state index contributed by atoms with van der Waals surface area (Å²) >= 11 is 0. The van der Waals surface area contributed by atoms with Gasteiger partial charge in [-0.05, 0) is 19.3 Å². The van der Waals surface area contributed by atoms with Crippen molar-refractivity contribution in [1.82, 2.24) is 0 Å². The van der Waals surface area contributed by atoms with Crippen molar-refractivity contribution in [2.24, 2.45) is 0 Å². The largest absolute Gasteiger partial charge is 0.456 e. The first-order valence-corrected chi connectivity index (χ1v) is 7.72. The Morgan fingerprint density at radius 1 is 1.20 bits per heavy atom. The van der Waals surface area contributed by atoms with Gasteiger partial charge in [0.1, 0.15) is 6.10 Å². The second kappa shape index (κ2) is 10.5. The number of hydrogen-bond acceptors (Lipinski definition) is 3. The van der Waals surface area contributed by atoms with Crippen LogP contribution in [0.1, 0.15) is 64.2 Å². The summed E-state index contributed by atoms with van der Waals surface area (Å²) in [4.78, 5) is 11.4. The third-order valence-corrected chi connectivity index (χ3v) is 3.60. The van der Waals surface area contributed by atoms with E-state index in [0.717, 1.165) is 31.3 Å². The van der Waals surface area contributed by atoms with Crippen LogP contribution in [0.3, 0.4) is 0 Å². The Bertz CT molecular complexity index is 352. The number of aliphatic hydroxyl groups excluding tert-OH is 1. The molecule has 0 bridgehead atoms. The zero-order valence-electron chi connectivity index (χ0n) is 12.3. The van der Waals surface area contributed by atoms with Gasteiger partial charge in [-0.15, -0.1) is 12.3 Å². The molecule has 20 heavy (non-hydrogen) atoms. The molecule has 1 saturated heterocycles. The molecule has 1 aliphatic rings. The van der Waals surface area contributed by atoms with Crippen LogP contribution in [0.15, 0.2) is 11.6 Å². The standard InChI is InChI=1S/C17H26O3/c1-2-3-4-5-6-7-8-9-10-11-12-15-13-16(14-18)20-17(15)19/h1,12,16,18H,3-11,13-14H2/b15-12+. The molecule has 1 N–H and O–H groups in total. The van der Waals surface area contributed by atoms with E-state index in [2.05, 4.69) is 5.92 Å². The highest BCUT2D eigenvalue weighted by Crippen LogP contribution is 2.21. The smallest absolute Gasteiger partial charge is 0.334 e. The van der Waals surface area contributed by atoms with E-state index in [1.165, 1.54) is 32.1 Å². The maximum absolute atomic E-state index is 11.4. The van der Waals surface area contributed by atoms with Gasteiger partial charge in [0, 0.05) is 18.4 Å². The van der Waals surface area contributed by atoms with Crippen LogP contribution in [-0.2, 0) is 9.53 Å². The summed E-state index contributed by atoms with van der Waals surface area (Å²) in [6.07, 6.45) is 17.8. The Labute approximate surface area is 122 Å². The first-order valence-electron chi connectivity index (χ1n) is 7.72. The van der Waals surface area contributed by atoms with E-state index in [4.69, 9.17) is 16.3 Å². The lowest BCUT2D eigenvalue weighted by Gasteiger charge is -2.00. The maximum atomic E-state index is 11.4. The fraction of sp³-hybridized carbons (Fsp3) is 0.706. The van der Waals surface area contributed by atoms with Crippen molar-refractivity contribution >= 4 is 5.97 Å². The fourth-order valence-electron chi connectivity index (χ4n) is 2.40. The molecule has 0 spiro atoms. The minimum Gasteiger partial charge on any atom is -0.456 e. The van der Waals surface area contributed by atoms with Gasteiger partial charge in [0.25, 0.3) is 0 Å². The van der Waals surface area contributed by atoms with Crippen molar-refractivity contribution < 1.29 is 14.6 Å². The fourth-order valence-corrected chi connectivity index (χ4v) is 2.40. The van der Waals surface area contributed by atoms with Gasteiger partial charge in [-0.25, -0.2) is 4.79 Å². The molecule has 3 nitrogen and oxygen atoms in total. The van der Waals surface area contributed by atoms with Crippen molar-refractivity contribution in [2.75, 3.05) is 6.61 Å². The summed E-state index contributed by atoms with van der Waals surface area (Å²) in [5.74, 6) is 2.41. The second-order valence-corrected chi connectivity index (χ2v) is 5.36. The lowest BCUT2D eigenvalue weighted by Crippen LogP contribution is -2.10. The van der Waals surface area contributed by atoms with E-state index in [1.807, 2.05) is 6.08 Å². The van der Waals surface area contributed by atoms with E-state index < -0.39 is 0 Å². The molecule has 0 aliphatic carbocycles. The molecule has 0 saturated carbocycles. The van der Waals surface area contributed by atoms with Crippen molar-refractivity contribution in [2.45, 2.75) is 70.3 Å². The predicted molar refractivity (Wildman–Crippen MR) is 80.1 cm³/mol. The number of rotatable bonds is 10.